The Labute approximate surface area is 92.2 Å². The van der Waals surface area contributed by atoms with Crippen LogP contribution in [0.3, 0.4) is 0 Å². The van der Waals surface area contributed by atoms with Crippen molar-refractivity contribution in [3.63, 3.8) is 0 Å². The lowest BCUT2D eigenvalue weighted by Gasteiger charge is -2.37. The molecule has 0 spiro atoms. The maximum Gasteiger partial charge on any atom is 0.317 e. The average molecular weight is 222 g/mol. The number of esters is 1. The van der Waals surface area contributed by atoms with Crippen LogP contribution in [0.15, 0.2) is 24.3 Å². The normalized spacial score (nSPS) is 17.8. The molecule has 4 heteroatoms. The lowest BCUT2D eigenvalue weighted by molar-refractivity contribution is -0.156. The Morgan fingerprint density at radius 3 is 2.62 bits per heavy atom. The first-order chi connectivity index (χ1) is 7.58. The summed E-state index contributed by atoms with van der Waals surface area (Å²) < 4.78 is 17.8. The molecule has 0 atom stereocenters. The molecular weight excluding hydrogens is 211 g/mol. The number of hydrogen-bond donors (Lipinski definition) is 0. The zero-order chi connectivity index (χ0) is 11.8. The van der Waals surface area contributed by atoms with Gasteiger partial charge < -0.3 is 4.74 Å². The van der Waals surface area contributed by atoms with Gasteiger partial charge in [0.1, 0.15) is 17.0 Å². The third-order valence-electron chi connectivity index (χ3n) is 2.95. The summed E-state index contributed by atoms with van der Waals surface area (Å²) in [5.74, 6) is -0.896. The molecule has 0 saturated heterocycles. The van der Waals surface area contributed by atoms with Crippen molar-refractivity contribution in [1.82, 2.24) is 0 Å². The molecular formula is C12H11FO3. The lowest BCUT2D eigenvalue weighted by Crippen LogP contribution is -2.49. The maximum absolute atomic E-state index is 13.1. The Hall–Kier alpha value is -1.71. The van der Waals surface area contributed by atoms with Gasteiger partial charge in [-0.05, 0) is 17.7 Å². The summed E-state index contributed by atoms with van der Waals surface area (Å²) in [4.78, 5) is 22.8. The fourth-order valence-electron chi connectivity index (χ4n) is 2.07. The van der Waals surface area contributed by atoms with E-state index in [-0.39, 0.29) is 18.6 Å². The van der Waals surface area contributed by atoms with E-state index >= 15 is 0 Å². The van der Waals surface area contributed by atoms with E-state index in [0.29, 0.717) is 5.56 Å². The molecule has 0 N–H and O–H groups in total. The second-order valence-electron chi connectivity index (χ2n) is 3.98. The third kappa shape index (κ3) is 1.50. The fourth-order valence-corrected chi connectivity index (χ4v) is 2.07. The van der Waals surface area contributed by atoms with Gasteiger partial charge in [0.05, 0.1) is 7.11 Å². The standard InChI is InChI=1S/C12H11FO3/c1-16-11(15)12(6-10(14)7-12)8-3-2-4-9(13)5-8/h2-5H,6-7H2,1H3. The molecule has 16 heavy (non-hydrogen) atoms. The molecule has 0 bridgehead atoms. The van der Waals surface area contributed by atoms with Gasteiger partial charge in [0, 0.05) is 12.8 Å². The van der Waals surface area contributed by atoms with E-state index in [1.165, 1.54) is 25.3 Å². The topological polar surface area (TPSA) is 43.4 Å². The summed E-state index contributed by atoms with van der Waals surface area (Å²) in [7, 11) is 1.27. The van der Waals surface area contributed by atoms with Crippen molar-refractivity contribution in [3.8, 4) is 0 Å². The van der Waals surface area contributed by atoms with Crippen LogP contribution in [0.25, 0.3) is 0 Å². The van der Waals surface area contributed by atoms with Crippen molar-refractivity contribution in [2.75, 3.05) is 7.11 Å². The molecule has 0 aromatic heterocycles. The number of carbonyl (C=O) groups is 2. The smallest absolute Gasteiger partial charge is 0.317 e. The summed E-state index contributed by atoms with van der Waals surface area (Å²) in [5, 5.41) is 0. The number of ether oxygens (including phenoxy) is 1. The van der Waals surface area contributed by atoms with Gasteiger partial charge in [0.2, 0.25) is 0 Å². The number of hydrogen-bond acceptors (Lipinski definition) is 3. The fraction of sp³-hybridized carbons (Fsp3) is 0.333. The summed E-state index contributed by atoms with van der Waals surface area (Å²) in [6.07, 6.45) is 0.201. The van der Waals surface area contributed by atoms with Gasteiger partial charge in [0.25, 0.3) is 0 Å². The van der Waals surface area contributed by atoms with E-state index < -0.39 is 17.2 Å². The number of rotatable bonds is 2. The van der Waals surface area contributed by atoms with Crippen LogP contribution in [0.1, 0.15) is 18.4 Å². The highest BCUT2D eigenvalue weighted by Gasteiger charge is 2.52. The summed E-state index contributed by atoms with van der Waals surface area (Å²) in [6.45, 7) is 0. The van der Waals surface area contributed by atoms with Gasteiger partial charge in [-0.3, -0.25) is 9.59 Å². The minimum absolute atomic E-state index is 0.00494. The highest BCUT2D eigenvalue weighted by Crippen LogP contribution is 2.42. The van der Waals surface area contributed by atoms with Crippen molar-refractivity contribution < 1.29 is 18.7 Å². The van der Waals surface area contributed by atoms with Gasteiger partial charge in [-0.15, -0.1) is 0 Å². The molecule has 1 aliphatic carbocycles. The monoisotopic (exact) mass is 222 g/mol. The Kier molecular flexibility index (Phi) is 2.50. The molecule has 1 aliphatic rings. The van der Waals surface area contributed by atoms with Crippen LogP contribution in [-0.2, 0) is 19.7 Å². The molecule has 1 saturated carbocycles. The second kappa shape index (κ2) is 3.70. The lowest BCUT2D eigenvalue weighted by atomic mass is 9.63. The van der Waals surface area contributed by atoms with Crippen LogP contribution in [0.4, 0.5) is 4.39 Å². The minimum atomic E-state index is -0.964. The van der Waals surface area contributed by atoms with Crippen LogP contribution in [0.2, 0.25) is 0 Å². The van der Waals surface area contributed by atoms with Crippen molar-refractivity contribution >= 4 is 11.8 Å². The molecule has 0 radical (unpaired) electrons. The van der Waals surface area contributed by atoms with E-state index in [2.05, 4.69) is 4.74 Å². The van der Waals surface area contributed by atoms with Gasteiger partial charge in [-0.2, -0.15) is 0 Å². The van der Waals surface area contributed by atoms with Crippen molar-refractivity contribution in [2.24, 2.45) is 0 Å². The van der Waals surface area contributed by atoms with E-state index in [9.17, 15) is 14.0 Å². The van der Waals surface area contributed by atoms with Gasteiger partial charge >= 0.3 is 5.97 Å². The molecule has 0 aliphatic heterocycles. The summed E-state index contributed by atoms with van der Waals surface area (Å²) in [6, 6.07) is 5.75. The van der Waals surface area contributed by atoms with E-state index in [1.54, 1.807) is 6.07 Å². The van der Waals surface area contributed by atoms with E-state index in [4.69, 9.17) is 0 Å². The highest BCUT2D eigenvalue weighted by molar-refractivity contribution is 6.02. The molecule has 0 unspecified atom stereocenters. The minimum Gasteiger partial charge on any atom is -0.468 e. The van der Waals surface area contributed by atoms with Crippen molar-refractivity contribution in [3.05, 3.63) is 35.6 Å². The molecule has 3 nitrogen and oxygen atoms in total. The van der Waals surface area contributed by atoms with E-state index in [0.717, 1.165) is 0 Å². The number of halogens is 1. The Balaban J connectivity index is 2.41. The molecule has 0 amide bonds. The first-order valence-corrected chi connectivity index (χ1v) is 4.95. The van der Waals surface area contributed by atoms with Gasteiger partial charge in [-0.1, -0.05) is 12.1 Å². The predicted molar refractivity (Wildman–Crippen MR) is 54.3 cm³/mol. The maximum atomic E-state index is 13.1. The van der Waals surface area contributed by atoms with Gasteiger partial charge in [-0.25, -0.2) is 4.39 Å². The third-order valence-corrected chi connectivity index (χ3v) is 2.95. The quantitative estimate of drug-likeness (QED) is 0.714. The number of Topliss-reactive ketones (excluding diaryl/α,β-unsaturated/α-hetero) is 1. The predicted octanol–water partition coefficient (Wildman–Crippen LogP) is 1.60. The second-order valence-corrected chi connectivity index (χ2v) is 3.98. The molecule has 2 rings (SSSR count). The Morgan fingerprint density at radius 1 is 1.44 bits per heavy atom. The molecule has 1 fully saturated rings. The van der Waals surface area contributed by atoms with Crippen LogP contribution >= 0.6 is 0 Å². The van der Waals surface area contributed by atoms with Gasteiger partial charge in [0.15, 0.2) is 0 Å². The largest absolute Gasteiger partial charge is 0.468 e. The zero-order valence-corrected chi connectivity index (χ0v) is 8.83. The number of carbonyl (C=O) groups excluding carboxylic acids is 2. The molecule has 1 aromatic carbocycles. The molecule has 1 aromatic rings. The first kappa shape index (κ1) is 10.8. The van der Waals surface area contributed by atoms with Crippen LogP contribution in [0, 0.1) is 5.82 Å². The van der Waals surface area contributed by atoms with Crippen molar-refractivity contribution in [1.29, 1.82) is 0 Å². The number of methoxy groups -OCH3 is 1. The summed E-state index contributed by atoms with van der Waals surface area (Å²) >= 11 is 0. The Bertz CT molecular complexity index is 445. The van der Waals surface area contributed by atoms with Crippen LogP contribution in [0.5, 0.6) is 0 Å². The average Bonchev–Trinajstić information content (AvgIpc) is 2.23. The number of benzene rings is 1. The Morgan fingerprint density at radius 2 is 2.12 bits per heavy atom. The molecule has 84 valence electrons. The highest BCUT2D eigenvalue weighted by atomic mass is 19.1. The SMILES string of the molecule is COC(=O)C1(c2cccc(F)c2)CC(=O)C1. The van der Waals surface area contributed by atoms with Crippen LogP contribution < -0.4 is 0 Å². The summed E-state index contributed by atoms with van der Waals surface area (Å²) in [5.41, 5.74) is -0.451. The number of ketones is 1. The van der Waals surface area contributed by atoms with E-state index in [1.807, 2.05) is 0 Å². The van der Waals surface area contributed by atoms with Crippen LogP contribution in [-0.4, -0.2) is 18.9 Å². The van der Waals surface area contributed by atoms with Crippen molar-refractivity contribution in [2.45, 2.75) is 18.3 Å². The zero-order valence-electron chi connectivity index (χ0n) is 8.83. The first-order valence-electron chi connectivity index (χ1n) is 4.95. The molecule has 0 heterocycles.